The average molecular weight is 589 g/mol. The van der Waals surface area contributed by atoms with Gasteiger partial charge >= 0.3 is 5.97 Å². The van der Waals surface area contributed by atoms with Crippen LogP contribution in [-0.4, -0.2) is 55.9 Å². The molecule has 0 spiro atoms. The number of hydrogen-bond acceptors (Lipinski definition) is 6. The van der Waals surface area contributed by atoms with Crippen LogP contribution in [0.5, 0.6) is 5.75 Å². The summed E-state index contributed by atoms with van der Waals surface area (Å²) in [4.78, 5) is 29.3. The summed E-state index contributed by atoms with van der Waals surface area (Å²) in [5, 5.41) is -0.210. The molecular formula is C29H24Cl2F2N2O5. The predicted molar refractivity (Wildman–Crippen MR) is 145 cm³/mol. The van der Waals surface area contributed by atoms with E-state index < -0.39 is 23.5 Å². The van der Waals surface area contributed by atoms with Gasteiger partial charge in [-0.05, 0) is 37.1 Å². The van der Waals surface area contributed by atoms with Crippen molar-refractivity contribution in [3.8, 4) is 16.9 Å². The number of hydrogen-bond donors (Lipinski definition) is 0. The Balaban J connectivity index is 1.36. The van der Waals surface area contributed by atoms with E-state index in [1.807, 2.05) is 4.90 Å². The zero-order chi connectivity index (χ0) is 28.1. The number of anilines is 1. The lowest BCUT2D eigenvalue weighted by molar-refractivity contribution is 0.0302. The van der Waals surface area contributed by atoms with Crippen LogP contribution < -0.4 is 9.64 Å². The SMILES string of the molecule is COC(=O)c1cc(F)c(-c2cccc3c2OCN(C(=O)c2c(Cl)cc(F)cc2Cl)C3)cc1N1CC2CCC(C1)O2. The lowest BCUT2D eigenvalue weighted by Crippen LogP contribution is -2.43. The van der Waals surface area contributed by atoms with E-state index in [9.17, 15) is 14.0 Å². The third kappa shape index (κ3) is 4.76. The van der Waals surface area contributed by atoms with Gasteiger partial charge in [-0.15, -0.1) is 0 Å². The number of carbonyl (C=O) groups is 2. The van der Waals surface area contributed by atoms with Crippen LogP contribution in [-0.2, 0) is 16.0 Å². The fourth-order valence-corrected chi connectivity index (χ4v) is 6.26. The maximum Gasteiger partial charge on any atom is 0.340 e. The highest BCUT2D eigenvalue weighted by atomic mass is 35.5. The Morgan fingerprint density at radius 2 is 1.70 bits per heavy atom. The Morgan fingerprint density at radius 1 is 1.00 bits per heavy atom. The van der Waals surface area contributed by atoms with Gasteiger partial charge in [0.1, 0.15) is 17.4 Å². The first-order chi connectivity index (χ1) is 19.2. The van der Waals surface area contributed by atoms with Crippen LogP contribution in [0.4, 0.5) is 14.5 Å². The molecule has 2 fully saturated rings. The van der Waals surface area contributed by atoms with Crippen molar-refractivity contribution >= 4 is 40.8 Å². The largest absolute Gasteiger partial charge is 0.472 e. The zero-order valence-electron chi connectivity index (χ0n) is 21.4. The van der Waals surface area contributed by atoms with E-state index in [-0.39, 0.29) is 52.2 Å². The normalized spacial score (nSPS) is 19.7. The van der Waals surface area contributed by atoms with Gasteiger partial charge in [-0.1, -0.05) is 41.4 Å². The van der Waals surface area contributed by atoms with Crippen molar-refractivity contribution in [1.82, 2.24) is 4.90 Å². The number of ether oxygens (including phenoxy) is 3. The molecule has 2 unspecified atom stereocenters. The molecule has 3 aliphatic rings. The first-order valence-electron chi connectivity index (χ1n) is 12.7. The minimum absolute atomic E-state index is 0.0264. The number of fused-ring (bicyclic) bond motifs is 3. The molecule has 208 valence electrons. The van der Waals surface area contributed by atoms with E-state index >= 15 is 4.39 Å². The van der Waals surface area contributed by atoms with E-state index in [0.29, 0.717) is 35.7 Å². The molecule has 2 bridgehead atoms. The molecule has 3 aromatic carbocycles. The molecule has 3 heterocycles. The Morgan fingerprint density at radius 3 is 2.38 bits per heavy atom. The summed E-state index contributed by atoms with van der Waals surface area (Å²) in [5.41, 5.74) is 2.04. The monoisotopic (exact) mass is 588 g/mol. The van der Waals surface area contributed by atoms with Gasteiger partial charge in [0.25, 0.3) is 5.91 Å². The summed E-state index contributed by atoms with van der Waals surface area (Å²) in [6, 6.07) is 10.1. The number of halogens is 4. The van der Waals surface area contributed by atoms with Crippen molar-refractivity contribution < 1.29 is 32.6 Å². The molecule has 7 nitrogen and oxygen atoms in total. The molecule has 0 aliphatic carbocycles. The molecule has 3 aliphatic heterocycles. The summed E-state index contributed by atoms with van der Waals surface area (Å²) in [6.45, 7) is 1.14. The first-order valence-corrected chi connectivity index (χ1v) is 13.5. The van der Waals surface area contributed by atoms with Crippen molar-refractivity contribution in [2.45, 2.75) is 31.6 Å². The van der Waals surface area contributed by atoms with Crippen molar-refractivity contribution in [2.24, 2.45) is 0 Å². The molecule has 2 saturated heterocycles. The van der Waals surface area contributed by atoms with Gasteiger partial charge in [-0.25, -0.2) is 13.6 Å². The number of esters is 1. The van der Waals surface area contributed by atoms with Crippen molar-refractivity contribution in [3.63, 3.8) is 0 Å². The molecule has 0 saturated carbocycles. The summed E-state index contributed by atoms with van der Waals surface area (Å²) >= 11 is 12.2. The van der Waals surface area contributed by atoms with E-state index in [4.69, 9.17) is 37.4 Å². The Bertz CT molecular complexity index is 1500. The van der Waals surface area contributed by atoms with Crippen LogP contribution in [0.3, 0.4) is 0 Å². The van der Waals surface area contributed by atoms with Crippen LogP contribution in [0.2, 0.25) is 10.0 Å². The second-order valence-corrected chi connectivity index (χ2v) is 10.8. The second kappa shape index (κ2) is 10.5. The lowest BCUT2D eigenvalue weighted by Gasteiger charge is -2.35. The molecule has 1 amide bonds. The number of methoxy groups -OCH3 is 1. The maximum absolute atomic E-state index is 15.6. The second-order valence-electron chi connectivity index (χ2n) is 10.0. The van der Waals surface area contributed by atoms with Gasteiger partial charge in [0.2, 0.25) is 0 Å². The number of nitrogens with zero attached hydrogens (tertiary/aromatic N) is 2. The molecule has 2 atom stereocenters. The van der Waals surface area contributed by atoms with Gasteiger partial charge in [-0.3, -0.25) is 4.79 Å². The van der Waals surface area contributed by atoms with Gasteiger partial charge in [-0.2, -0.15) is 0 Å². The Kier molecular flexibility index (Phi) is 7.06. The fraction of sp³-hybridized carbons (Fsp3) is 0.310. The van der Waals surface area contributed by atoms with Crippen LogP contribution in [0.25, 0.3) is 11.1 Å². The summed E-state index contributed by atoms with van der Waals surface area (Å²) in [5.74, 6) is -2.00. The number of morpholine rings is 1. The summed E-state index contributed by atoms with van der Waals surface area (Å²) < 4.78 is 46.2. The Labute approximate surface area is 239 Å². The van der Waals surface area contributed by atoms with E-state index in [0.717, 1.165) is 25.0 Å². The van der Waals surface area contributed by atoms with Crippen molar-refractivity contribution in [1.29, 1.82) is 0 Å². The van der Waals surface area contributed by atoms with Crippen LogP contribution >= 0.6 is 23.2 Å². The number of carbonyl (C=O) groups excluding carboxylic acids is 2. The molecule has 0 N–H and O–H groups in total. The number of para-hydroxylation sites is 1. The van der Waals surface area contributed by atoms with Gasteiger partial charge in [0, 0.05) is 29.8 Å². The van der Waals surface area contributed by atoms with Crippen molar-refractivity contribution in [2.75, 3.05) is 31.8 Å². The predicted octanol–water partition coefficient (Wildman–Crippen LogP) is 6.09. The topological polar surface area (TPSA) is 68.3 Å². The molecule has 11 heteroatoms. The first kappa shape index (κ1) is 26.8. The minimum atomic E-state index is -0.652. The van der Waals surface area contributed by atoms with Crippen LogP contribution in [0.15, 0.2) is 42.5 Å². The number of rotatable bonds is 4. The number of benzene rings is 3. The van der Waals surface area contributed by atoms with Crippen LogP contribution in [0.1, 0.15) is 39.1 Å². The van der Waals surface area contributed by atoms with Gasteiger partial charge in [0.05, 0.1) is 52.7 Å². The summed E-state index contributed by atoms with van der Waals surface area (Å²) in [6.07, 6.45) is 1.98. The molecule has 6 rings (SSSR count). The minimum Gasteiger partial charge on any atom is -0.472 e. The maximum atomic E-state index is 15.6. The smallest absolute Gasteiger partial charge is 0.340 e. The quantitative estimate of drug-likeness (QED) is 0.344. The highest BCUT2D eigenvalue weighted by molar-refractivity contribution is 6.39. The molecule has 0 radical (unpaired) electrons. The van der Waals surface area contributed by atoms with E-state index in [1.54, 1.807) is 24.3 Å². The lowest BCUT2D eigenvalue weighted by atomic mass is 9.96. The Hall–Kier alpha value is -3.40. The molecule has 3 aromatic rings. The molecule has 40 heavy (non-hydrogen) atoms. The van der Waals surface area contributed by atoms with E-state index in [2.05, 4.69) is 0 Å². The summed E-state index contributed by atoms with van der Waals surface area (Å²) in [7, 11) is 1.27. The third-order valence-corrected chi connectivity index (χ3v) is 8.09. The zero-order valence-corrected chi connectivity index (χ0v) is 22.9. The highest BCUT2D eigenvalue weighted by Crippen LogP contribution is 2.42. The van der Waals surface area contributed by atoms with Gasteiger partial charge < -0.3 is 24.0 Å². The molecular weight excluding hydrogens is 565 g/mol. The third-order valence-electron chi connectivity index (χ3n) is 7.50. The fourth-order valence-electron chi connectivity index (χ4n) is 5.64. The van der Waals surface area contributed by atoms with Crippen LogP contribution in [0, 0.1) is 11.6 Å². The highest BCUT2D eigenvalue weighted by Gasteiger charge is 2.36. The number of amides is 1. The average Bonchev–Trinajstić information content (AvgIpc) is 3.28. The standard InChI is InChI=1S/C29H24Cl2F2N2O5/c1-38-29(37)21-9-24(33)20(10-25(21)34-12-17-5-6-18(13-34)40-17)19-4-2-3-15-11-35(14-39-27(15)19)28(36)26-22(30)7-16(32)8-23(26)31/h2-4,7-10,17-18H,5-6,11-14H2,1H3. The van der Waals surface area contributed by atoms with Crippen molar-refractivity contribution in [3.05, 3.63) is 80.8 Å². The van der Waals surface area contributed by atoms with Gasteiger partial charge in [0.15, 0.2) is 6.73 Å². The van der Waals surface area contributed by atoms with E-state index in [1.165, 1.54) is 18.1 Å². The molecule has 0 aromatic heterocycles.